The lowest BCUT2D eigenvalue weighted by Crippen LogP contribution is -2.60. The van der Waals surface area contributed by atoms with Crippen LogP contribution in [0, 0.1) is 0 Å². The van der Waals surface area contributed by atoms with Gasteiger partial charge in [0.1, 0.15) is 12.1 Å². The Balaban J connectivity index is 1.39. The number of aliphatic hydroxyl groups is 1. The van der Waals surface area contributed by atoms with Crippen molar-refractivity contribution in [2.45, 2.75) is 68.2 Å². The van der Waals surface area contributed by atoms with Gasteiger partial charge in [-0.15, -0.1) is 0 Å². The number of alkyl halides is 2. The quantitative estimate of drug-likeness (QED) is 0.856. The Bertz CT molecular complexity index is 819. The minimum atomic E-state index is -2.57. The maximum Gasteiger partial charge on any atom is 0.248 e. The van der Waals surface area contributed by atoms with E-state index in [2.05, 4.69) is 10.3 Å². The summed E-state index contributed by atoms with van der Waals surface area (Å²) in [6.07, 6.45) is 0.660. The van der Waals surface area contributed by atoms with Crippen molar-refractivity contribution in [2.75, 3.05) is 6.61 Å². The third-order valence-electron chi connectivity index (χ3n) is 6.08. The molecule has 3 heterocycles. The molecule has 6 nitrogen and oxygen atoms in total. The van der Waals surface area contributed by atoms with Crippen LogP contribution in [0.15, 0.2) is 30.6 Å². The van der Waals surface area contributed by atoms with Crippen LogP contribution in [-0.4, -0.2) is 57.8 Å². The number of nitrogens with zero attached hydrogens (tertiary/aromatic N) is 2. The molecule has 2 aliphatic heterocycles. The monoisotopic (exact) mass is 379 g/mol. The molecule has 0 amide bonds. The molecule has 146 valence electrons. The van der Waals surface area contributed by atoms with Crippen molar-refractivity contribution in [2.24, 2.45) is 0 Å². The number of hydrogen-bond donors (Lipinski definition) is 2. The Hall–Kier alpha value is -1.61. The van der Waals surface area contributed by atoms with Crippen LogP contribution in [0.2, 0.25) is 0 Å². The first-order valence-electron chi connectivity index (χ1n) is 9.52. The molecule has 5 rings (SSSR count). The average molecular weight is 379 g/mol. The molecule has 1 aromatic carbocycles. The summed E-state index contributed by atoms with van der Waals surface area (Å²) in [5, 5.41) is 14.5. The molecule has 1 aliphatic carbocycles. The second kappa shape index (κ2) is 6.48. The molecule has 5 atom stereocenters. The largest absolute Gasteiger partial charge is 0.389 e. The summed E-state index contributed by atoms with van der Waals surface area (Å²) in [5.74, 6) is -2.57. The highest BCUT2D eigenvalue weighted by molar-refractivity contribution is 5.75. The third-order valence-corrected chi connectivity index (χ3v) is 6.08. The summed E-state index contributed by atoms with van der Waals surface area (Å²) in [5.41, 5.74) is 1.74. The second-order valence-corrected chi connectivity index (χ2v) is 7.82. The van der Waals surface area contributed by atoms with E-state index in [1.54, 1.807) is 6.33 Å². The van der Waals surface area contributed by atoms with Crippen molar-refractivity contribution in [3.63, 3.8) is 0 Å². The zero-order valence-electron chi connectivity index (χ0n) is 14.8. The molecular weight excluding hydrogens is 356 g/mol. The Labute approximate surface area is 155 Å². The number of halogens is 2. The number of ether oxygens (including phenoxy) is 2. The lowest BCUT2D eigenvalue weighted by molar-refractivity contribution is -0.166. The molecule has 27 heavy (non-hydrogen) atoms. The normalized spacial score (nSPS) is 36.3. The molecule has 1 aromatic heterocycles. The number of hydrogen-bond acceptors (Lipinski definition) is 5. The Morgan fingerprint density at radius 3 is 2.81 bits per heavy atom. The number of imidazole rings is 1. The number of rotatable bonds is 3. The van der Waals surface area contributed by atoms with Crippen LogP contribution in [-0.2, 0) is 9.47 Å². The van der Waals surface area contributed by atoms with Gasteiger partial charge in [0.25, 0.3) is 0 Å². The van der Waals surface area contributed by atoms with Gasteiger partial charge in [0, 0.05) is 18.9 Å². The Morgan fingerprint density at radius 1 is 1.22 bits per heavy atom. The van der Waals surface area contributed by atoms with E-state index >= 15 is 0 Å². The summed E-state index contributed by atoms with van der Waals surface area (Å²) in [7, 11) is 0. The molecule has 2 N–H and O–H groups in total. The summed E-state index contributed by atoms with van der Waals surface area (Å²) in [6.45, 7) is 0.380. The van der Waals surface area contributed by atoms with E-state index in [1.165, 1.54) is 0 Å². The van der Waals surface area contributed by atoms with Gasteiger partial charge in [-0.1, -0.05) is 12.1 Å². The smallest absolute Gasteiger partial charge is 0.248 e. The molecule has 1 saturated carbocycles. The second-order valence-electron chi connectivity index (χ2n) is 7.82. The number of aliphatic hydroxyl groups excluding tert-OH is 1. The van der Waals surface area contributed by atoms with Gasteiger partial charge in [0.2, 0.25) is 5.92 Å². The van der Waals surface area contributed by atoms with Crippen LogP contribution in [0.5, 0.6) is 0 Å². The van der Waals surface area contributed by atoms with Crippen molar-refractivity contribution < 1.29 is 23.4 Å². The van der Waals surface area contributed by atoms with E-state index in [0.717, 1.165) is 11.0 Å². The van der Waals surface area contributed by atoms with Gasteiger partial charge in [-0.2, -0.15) is 0 Å². The van der Waals surface area contributed by atoms with Gasteiger partial charge in [-0.05, 0) is 25.0 Å². The van der Waals surface area contributed by atoms with E-state index in [0.29, 0.717) is 19.4 Å². The number of nitrogens with one attached hydrogen (secondary N) is 1. The van der Waals surface area contributed by atoms with Crippen LogP contribution in [0.25, 0.3) is 11.0 Å². The van der Waals surface area contributed by atoms with E-state index in [-0.39, 0.29) is 31.0 Å². The Morgan fingerprint density at radius 2 is 2.00 bits per heavy atom. The number of para-hydroxylation sites is 2. The zero-order chi connectivity index (χ0) is 18.6. The predicted octanol–water partition coefficient (Wildman–Crippen LogP) is 2.23. The van der Waals surface area contributed by atoms with Crippen molar-refractivity contribution in [1.82, 2.24) is 14.9 Å². The summed E-state index contributed by atoms with van der Waals surface area (Å²) in [4.78, 5) is 4.40. The van der Waals surface area contributed by atoms with Crippen molar-refractivity contribution >= 4 is 11.0 Å². The molecule has 0 radical (unpaired) electrons. The lowest BCUT2D eigenvalue weighted by atomic mass is 9.89. The fraction of sp³-hybridized carbons (Fsp3) is 0.632. The number of aromatic nitrogens is 2. The van der Waals surface area contributed by atoms with E-state index < -0.39 is 24.4 Å². The topological polar surface area (TPSA) is 68.5 Å². The van der Waals surface area contributed by atoms with Gasteiger partial charge in [-0.3, -0.25) is 0 Å². The summed E-state index contributed by atoms with van der Waals surface area (Å²) >= 11 is 0. The van der Waals surface area contributed by atoms with Gasteiger partial charge < -0.3 is 24.5 Å². The number of benzene rings is 1. The lowest BCUT2D eigenvalue weighted by Gasteiger charge is -2.42. The van der Waals surface area contributed by atoms with Gasteiger partial charge in [-0.25, -0.2) is 13.8 Å². The van der Waals surface area contributed by atoms with E-state index in [4.69, 9.17) is 9.47 Å². The fourth-order valence-electron chi connectivity index (χ4n) is 4.60. The molecule has 2 saturated heterocycles. The molecular formula is C19H23F2N3O3. The van der Waals surface area contributed by atoms with Crippen LogP contribution < -0.4 is 5.32 Å². The van der Waals surface area contributed by atoms with Crippen LogP contribution in [0.4, 0.5) is 8.78 Å². The molecule has 2 bridgehead atoms. The number of fused-ring (bicyclic) bond motifs is 3. The highest BCUT2D eigenvalue weighted by Gasteiger charge is 2.52. The minimum Gasteiger partial charge on any atom is -0.389 e. The summed E-state index contributed by atoms with van der Waals surface area (Å²) < 4.78 is 40.6. The molecule has 3 fully saturated rings. The summed E-state index contributed by atoms with van der Waals surface area (Å²) in [6, 6.07) is 6.83. The van der Waals surface area contributed by atoms with Gasteiger partial charge >= 0.3 is 0 Å². The maximum atomic E-state index is 13.4. The fourth-order valence-corrected chi connectivity index (χ4v) is 4.60. The molecule has 2 aromatic rings. The average Bonchev–Trinajstić information content (AvgIpc) is 3.27. The van der Waals surface area contributed by atoms with Crippen molar-refractivity contribution in [3.8, 4) is 0 Å². The van der Waals surface area contributed by atoms with E-state index in [1.807, 2.05) is 28.8 Å². The predicted molar refractivity (Wildman–Crippen MR) is 93.5 cm³/mol. The van der Waals surface area contributed by atoms with Gasteiger partial charge in [0.15, 0.2) is 6.29 Å². The highest BCUT2D eigenvalue weighted by atomic mass is 19.3. The zero-order valence-corrected chi connectivity index (χ0v) is 14.8. The minimum absolute atomic E-state index is 0.0507. The van der Waals surface area contributed by atoms with Crippen molar-refractivity contribution in [1.29, 1.82) is 0 Å². The van der Waals surface area contributed by atoms with Crippen LogP contribution in [0.1, 0.15) is 31.7 Å². The molecule has 8 heteroatoms. The highest BCUT2D eigenvalue weighted by Crippen LogP contribution is 2.39. The Kier molecular flexibility index (Phi) is 4.19. The van der Waals surface area contributed by atoms with Crippen LogP contribution >= 0.6 is 0 Å². The maximum absolute atomic E-state index is 13.4. The first-order valence-corrected chi connectivity index (χ1v) is 9.52. The van der Waals surface area contributed by atoms with Gasteiger partial charge in [0.05, 0.1) is 36.1 Å². The van der Waals surface area contributed by atoms with E-state index in [9.17, 15) is 13.9 Å². The van der Waals surface area contributed by atoms with Crippen molar-refractivity contribution in [3.05, 3.63) is 30.6 Å². The van der Waals surface area contributed by atoms with Crippen LogP contribution in [0.3, 0.4) is 0 Å². The first kappa shape index (κ1) is 17.5. The third kappa shape index (κ3) is 3.04. The molecule has 3 aliphatic rings. The molecule has 0 spiro atoms. The molecule has 0 unspecified atom stereocenters. The SMILES string of the molecule is O[C@H]1[C@H](NC2CCC(F)(F)CC2)[C@H]2CO[C@H](O2)[C@@H]1n1cnc2ccccc21. The standard InChI is InChI=1S/C19H23F2N3O3/c20-19(21)7-5-11(6-8-19)23-15-14-9-26-18(27-14)16(17(15)25)24-10-22-12-3-1-2-4-13(12)24/h1-4,10-11,14-18,23,25H,5-9H2/t14-,15-,16-,17+,18-/m1/s1. The first-order chi connectivity index (χ1) is 13.0.